The molecule has 4 rings (SSSR count). The number of piperidine rings is 1. The predicted octanol–water partition coefficient (Wildman–Crippen LogP) is 5.14. The summed E-state index contributed by atoms with van der Waals surface area (Å²) in [6.07, 6.45) is 3.48. The van der Waals surface area contributed by atoms with Crippen molar-refractivity contribution in [1.29, 1.82) is 10.5 Å². The number of nitrogens with zero attached hydrogens (tertiary/aromatic N) is 4. The van der Waals surface area contributed by atoms with Gasteiger partial charge in [0, 0.05) is 48.6 Å². The lowest BCUT2D eigenvalue weighted by Crippen LogP contribution is -2.44. The molecule has 2 aromatic carbocycles. The Hall–Kier alpha value is -3.99. The number of nitriles is 2. The number of hydrogen-bond donors (Lipinski definition) is 3. The van der Waals surface area contributed by atoms with Gasteiger partial charge in [-0.25, -0.2) is 0 Å². The topological polar surface area (TPSA) is 126 Å². The van der Waals surface area contributed by atoms with E-state index in [1.807, 2.05) is 45.3 Å². The zero-order chi connectivity index (χ0) is 31.6. The standard InChI is InChI=1S/C34H47N7O3/c1-6-41-21-25(20-36)34(27-17-28(32(43-7-2)18-30(27)41)39-33(42)11-9-15-40(4)5)38-26-12-13-31(24(16-26)19-35)44-22-29-23(3)10-8-14-37-29/h12-13,16-18,23,25,29,34,37-38H,6-11,14-15,21-22H2,1-5H3,(H,39,42). The minimum absolute atomic E-state index is 0.0793. The molecule has 0 bridgehead atoms. The first-order valence-electron chi connectivity index (χ1n) is 15.8. The van der Waals surface area contributed by atoms with Crippen LogP contribution < -0.4 is 30.3 Å². The van der Waals surface area contributed by atoms with Crippen LogP contribution in [0.3, 0.4) is 0 Å². The monoisotopic (exact) mass is 601 g/mol. The maximum atomic E-state index is 12.9. The van der Waals surface area contributed by atoms with Crippen molar-refractivity contribution in [2.45, 2.75) is 58.5 Å². The van der Waals surface area contributed by atoms with Crippen molar-refractivity contribution in [3.8, 4) is 23.6 Å². The molecule has 3 N–H and O–H groups in total. The lowest BCUT2D eigenvalue weighted by atomic mass is 9.87. The highest BCUT2D eigenvalue weighted by Crippen LogP contribution is 2.44. The van der Waals surface area contributed by atoms with Gasteiger partial charge in [-0.05, 0) is 90.5 Å². The highest BCUT2D eigenvalue weighted by Gasteiger charge is 2.35. The van der Waals surface area contributed by atoms with Gasteiger partial charge in [0.2, 0.25) is 5.91 Å². The Kier molecular flexibility index (Phi) is 11.7. The Morgan fingerprint density at radius 1 is 1.16 bits per heavy atom. The molecule has 0 aliphatic carbocycles. The van der Waals surface area contributed by atoms with Gasteiger partial charge in [-0.3, -0.25) is 4.79 Å². The van der Waals surface area contributed by atoms with Crippen molar-refractivity contribution in [1.82, 2.24) is 10.2 Å². The van der Waals surface area contributed by atoms with Crippen LogP contribution in [0.2, 0.25) is 0 Å². The molecule has 4 atom stereocenters. The highest BCUT2D eigenvalue weighted by atomic mass is 16.5. The molecule has 2 aromatic rings. The molecule has 1 fully saturated rings. The number of amides is 1. The summed E-state index contributed by atoms with van der Waals surface area (Å²) >= 11 is 0. The number of fused-ring (bicyclic) bond motifs is 1. The SMILES string of the molecule is CCOc1cc2c(cc1NC(=O)CCCN(C)C)C(Nc1ccc(OCC3NCCCC3C)c(C#N)c1)C(C#N)CN2CC. The van der Waals surface area contributed by atoms with Gasteiger partial charge in [-0.2, -0.15) is 10.5 Å². The van der Waals surface area contributed by atoms with Crippen molar-refractivity contribution < 1.29 is 14.3 Å². The summed E-state index contributed by atoms with van der Waals surface area (Å²) < 4.78 is 12.1. The Bertz CT molecular complexity index is 1370. The van der Waals surface area contributed by atoms with E-state index in [1.54, 1.807) is 6.07 Å². The number of nitrogens with one attached hydrogen (secondary N) is 3. The first-order valence-corrected chi connectivity index (χ1v) is 15.8. The fourth-order valence-corrected chi connectivity index (χ4v) is 6.03. The molecule has 2 aliphatic heterocycles. The van der Waals surface area contributed by atoms with Gasteiger partial charge in [0.1, 0.15) is 24.2 Å². The van der Waals surface area contributed by atoms with E-state index in [1.165, 1.54) is 12.8 Å². The van der Waals surface area contributed by atoms with E-state index in [9.17, 15) is 15.3 Å². The molecule has 1 amide bonds. The van der Waals surface area contributed by atoms with Crippen LogP contribution in [0, 0.1) is 34.5 Å². The van der Waals surface area contributed by atoms with E-state index >= 15 is 0 Å². The van der Waals surface area contributed by atoms with E-state index in [2.05, 4.69) is 51.7 Å². The smallest absolute Gasteiger partial charge is 0.224 e. The zero-order valence-electron chi connectivity index (χ0n) is 26.8. The second kappa shape index (κ2) is 15.7. The van der Waals surface area contributed by atoms with Gasteiger partial charge in [-0.1, -0.05) is 6.92 Å². The predicted molar refractivity (Wildman–Crippen MR) is 174 cm³/mol. The quantitative estimate of drug-likeness (QED) is 0.286. The van der Waals surface area contributed by atoms with Crippen LogP contribution in [-0.4, -0.2) is 70.3 Å². The van der Waals surface area contributed by atoms with Gasteiger partial charge < -0.3 is 35.2 Å². The largest absolute Gasteiger partial charge is 0.492 e. The summed E-state index contributed by atoms with van der Waals surface area (Å²) in [6.45, 7) is 10.2. The Morgan fingerprint density at radius 3 is 2.66 bits per heavy atom. The zero-order valence-corrected chi connectivity index (χ0v) is 26.8. The van der Waals surface area contributed by atoms with Crippen molar-refractivity contribution in [3.05, 3.63) is 41.5 Å². The van der Waals surface area contributed by atoms with Crippen molar-refractivity contribution in [3.63, 3.8) is 0 Å². The summed E-state index contributed by atoms with van der Waals surface area (Å²) in [5.74, 6) is 1.22. The average Bonchev–Trinajstić information content (AvgIpc) is 3.01. The molecule has 4 unspecified atom stereocenters. The minimum Gasteiger partial charge on any atom is -0.492 e. The molecule has 236 valence electrons. The maximum Gasteiger partial charge on any atom is 0.224 e. The third kappa shape index (κ3) is 8.13. The second-order valence-corrected chi connectivity index (χ2v) is 12.0. The first kappa shape index (κ1) is 32.9. The van der Waals surface area contributed by atoms with Crippen molar-refractivity contribution >= 4 is 23.0 Å². The van der Waals surface area contributed by atoms with E-state index in [4.69, 9.17) is 9.47 Å². The number of carbonyl (C=O) groups is 1. The van der Waals surface area contributed by atoms with Gasteiger partial charge in [0.15, 0.2) is 0 Å². The molecule has 1 saturated heterocycles. The van der Waals surface area contributed by atoms with Crippen molar-refractivity contribution in [2.75, 3.05) is 69.0 Å². The summed E-state index contributed by atoms with van der Waals surface area (Å²) in [5.41, 5.74) is 3.61. The molecule has 0 saturated carbocycles. The van der Waals surface area contributed by atoms with Gasteiger partial charge in [0.25, 0.3) is 0 Å². The molecule has 2 heterocycles. The molecule has 2 aliphatic rings. The fraction of sp³-hybridized carbons (Fsp3) is 0.559. The van der Waals surface area contributed by atoms with Crippen LogP contribution in [0.5, 0.6) is 11.5 Å². The number of benzene rings is 2. The van der Waals surface area contributed by atoms with Crippen LogP contribution in [-0.2, 0) is 4.79 Å². The third-order valence-electron chi connectivity index (χ3n) is 8.52. The Morgan fingerprint density at radius 2 is 1.98 bits per heavy atom. The second-order valence-electron chi connectivity index (χ2n) is 12.0. The van der Waals surface area contributed by atoms with Gasteiger partial charge >= 0.3 is 0 Å². The molecule has 10 heteroatoms. The van der Waals surface area contributed by atoms with Crippen LogP contribution in [0.25, 0.3) is 0 Å². The number of carbonyl (C=O) groups excluding carboxylic acids is 1. The van der Waals surface area contributed by atoms with Crippen LogP contribution in [0.15, 0.2) is 30.3 Å². The average molecular weight is 602 g/mol. The number of anilines is 3. The first-order chi connectivity index (χ1) is 21.3. The fourth-order valence-electron chi connectivity index (χ4n) is 6.03. The highest BCUT2D eigenvalue weighted by molar-refractivity contribution is 5.93. The van der Waals surface area contributed by atoms with Gasteiger partial charge in [-0.15, -0.1) is 0 Å². The lowest BCUT2D eigenvalue weighted by molar-refractivity contribution is -0.116. The Balaban J connectivity index is 1.61. The lowest BCUT2D eigenvalue weighted by Gasteiger charge is -2.39. The summed E-state index contributed by atoms with van der Waals surface area (Å²) in [7, 11) is 3.98. The summed E-state index contributed by atoms with van der Waals surface area (Å²) in [6, 6.07) is 14.1. The number of rotatable bonds is 13. The maximum absolute atomic E-state index is 12.9. The molecular weight excluding hydrogens is 554 g/mol. The van der Waals surface area contributed by atoms with E-state index in [0.717, 1.165) is 43.0 Å². The van der Waals surface area contributed by atoms with Crippen LogP contribution in [0.4, 0.5) is 17.1 Å². The third-order valence-corrected chi connectivity index (χ3v) is 8.52. The molecular formula is C34H47N7O3. The van der Waals surface area contributed by atoms with Crippen LogP contribution in [0.1, 0.15) is 63.6 Å². The van der Waals surface area contributed by atoms with E-state index in [0.29, 0.717) is 54.8 Å². The Labute approximate surface area is 262 Å². The molecule has 0 spiro atoms. The molecule has 44 heavy (non-hydrogen) atoms. The van der Waals surface area contributed by atoms with Crippen LogP contribution >= 0.6 is 0 Å². The summed E-state index contributed by atoms with van der Waals surface area (Å²) in [4.78, 5) is 17.1. The number of hydrogen-bond acceptors (Lipinski definition) is 9. The molecule has 0 radical (unpaired) electrons. The normalized spacial score (nSPS) is 21.1. The summed E-state index contributed by atoms with van der Waals surface area (Å²) in [5, 5.41) is 30.3. The van der Waals surface area contributed by atoms with E-state index in [-0.39, 0.29) is 23.9 Å². The van der Waals surface area contributed by atoms with Gasteiger partial charge in [0.05, 0.1) is 35.9 Å². The van der Waals surface area contributed by atoms with Crippen molar-refractivity contribution in [2.24, 2.45) is 11.8 Å². The number of ether oxygens (including phenoxy) is 2. The van der Waals surface area contributed by atoms with E-state index < -0.39 is 0 Å². The minimum atomic E-state index is -0.372. The molecule has 0 aromatic heterocycles. The molecule has 10 nitrogen and oxygen atoms in total.